The smallest absolute Gasteiger partial charge is 0.228 e. The number of carbonyl (C=O) groups excluding carboxylic acids is 1. The van der Waals surface area contributed by atoms with Crippen LogP contribution in [0.15, 0.2) is 48.5 Å². The van der Waals surface area contributed by atoms with E-state index < -0.39 is 0 Å². The molecule has 2 aromatic rings. The van der Waals surface area contributed by atoms with Crippen molar-refractivity contribution in [2.75, 3.05) is 18.4 Å². The minimum absolute atomic E-state index is 0.0397. The molecule has 0 bridgehead atoms. The summed E-state index contributed by atoms with van der Waals surface area (Å²) in [6, 6.07) is 16.0. The highest BCUT2D eigenvalue weighted by molar-refractivity contribution is 6.30. The Bertz CT molecular complexity index is 731. The Kier molecular flexibility index (Phi) is 6.11. The van der Waals surface area contributed by atoms with E-state index in [0.717, 1.165) is 49.6 Å². The van der Waals surface area contributed by atoms with Crippen LogP contribution in [0, 0.1) is 5.92 Å². The number of halogens is 1. The van der Waals surface area contributed by atoms with Gasteiger partial charge in [-0.3, -0.25) is 9.69 Å². The van der Waals surface area contributed by atoms with Crippen molar-refractivity contribution in [1.82, 2.24) is 4.90 Å². The Labute approximate surface area is 155 Å². The predicted molar refractivity (Wildman–Crippen MR) is 104 cm³/mol. The molecule has 1 unspecified atom stereocenters. The van der Waals surface area contributed by atoms with Crippen LogP contribution in [-0.4, -0.2) is 23.9 Å². The van der Waals surface area contributed by atoms with Crippen molar-refractivity contribution in [3.63, 3.8) is 0 Å². The van der Waals surface area contributed by atoms with Gasteiger partial charge in [-0.2, -0.15) is 0 Å². The zero-order valence-corrected chi connectivity index (χ0v) is 15.4. The van der Waals surface area contributed by atoms with Crippen molar-refractivity contribution < 1.29 is 4.79 Å². The van der Waals surface area contributed by atoms with Crippen LogP contribution in [0.1, 0.15) is 30.9 Å². The zero-order valence-electron chi connectivity index (χ0n) is 14.7. The van der Waals surface area contributed by atoms with Gasteiger partial charge in [0.25, 0.3) is 0 Å². The summed E-state index contributed by atoms with van der Waals surface area (Å²) in [4.78, 5) is 15.1. The van der Waals surface area contributed by atoms with Gasteiger partial charge in [0.15, 0.2) is 0 Å². The average molecular weight is 357 g/mol. The summed E-state index contributed by atoms with van der Waals surface area (Å²) in [7, 11) is 0. The number of nitrogens with zero attached hydrogens (tertiary/aromatic N) is 1. The van der Waals surface area contributed by atoms with Crippen LogP contribution in [0.25, 0.3) is 0 Å². The number of likely N-dealkylation sites (tertiary alicyclic amines) is 1. The Balaban J connectivity index is 1.61. The molecule has 1 amide bonds. The molecule has 132 valence electrons. The lowest BCUT2D eigenvalue weighted by molar-refractivity contribution is -0.121. The molecule has 3 nitrogen and oxygen atoms in total. The third kappa shape index (κ3) is 4.83. The molecule has 0 spiro atoms. The van der Waals surface area contributed by atoms with Gasteiger partial charge in [-0.05, 0) is 55.1 Å². The zero-order chi connectivity index (χ0) is 17.6. The highest BCUT2D eigenvalue weighted by Crippen LogP contribution is 2.23. The van der Waals surface area contributed by atoms with E-state index in [1.165, 1.54) is 11.1 Å². The monoisotopic (exact) mass is 356 g/mol. The van der Waals surface area contributed by atoms with Gasteiger partial charge in [-0.25, -0.2) is 0 Å². The van der Waals surface area contributed by atoms with E-state index >= 15 is 0 Å². The first-order valence-corrected chi connectivity index (χ1v) is 9.39. The number of hydrogen-bond donors (Lipinski definition) is 1. The largest absolute Gasteiger partial charge is 0.326 e. The highest BCUT2D eigenvalue weighted by Gasteiger charge is 2.26. The van der Waals surface area contributed by atoms with Gasteiger partial charge in [0, 0.05) is 23.8 Å². The van der Waals surface area contributed by atoms with E-state index in [9.17, 15) is 4.79 Å². The third-order valence-electron chi connectivity index (χ3n) is 4.83. The molecule has 4 heteroatoms. The first kappa shape index (κ1) is 18.0. The highest BCUT2D eigenvalue weighted by atomic mass is 35.5. The van der Waals surface area contributed by atoms with E-state index in [2.05, 4.69) is 29.3 Å². The normalized spacial score (nSPS) is 18.1. The summed E-state index contributed by atoms with van der Waals surface area (Å²) in [5, 5.41) is 3.90. The Morgan fingerprint density at radius 3 is 2.88 bits per heavy atom. The van der Waals surface area contributed by atoms with Crippen molar-refractivity contribution in [2.24, 2.45) is 5.92 Å². The lowest BCUT2D eigenvalue weighted by Crippen LogP contribution is -2.40. The number of aryl methyl sites for hydroxylation is 1. The number of nitrogens with one attached hydrogen (secondary N) is 1. The topological polar surface area (TPSA) is 32.3 Å². The first-order chi connectivity index (χ1) is 12.2. The maximum Gasteiger partial charge on any atom is 0.228 e. The second-order valence-corrected chi connectivity index (χ2v) is 7.14. The lowest BCUT2D eigenvalue weighted by atomic mass is 9.96. The molecule has 1 saturated heterocycles. The number of para-hydroxylation sites is 1. The maximum absolute atomic E-state index is 12.7. The fourth-order valence-corrected chi connectivity index (χ4v) is 3.70. The van der Waals surface area contributed by atoms with Gasteiger partial charge in [0.05, 0.1) is 5.92 Å². The van der Waals surface area contributed by atoms with E-state index in [-0.39, 0.29) is 11.8 Å². The summed E-state index contributed by atoms with van der Waals surface area (Å²) < 4.78 is 0. The molecule has 1 N–H and O–H groups in total. The number of piperidine rings is 1. The first-order valence-electron chi connectivity index (χ1n) is 9.01. The standard InChI is InChI=1S/C21H25ClN2O/c1-2-17-8-3-4-11-20(17)23-21(25)18-9-6-12-24(15-18)14-16-7-5-10-19(22)13-16/h3-5,7-8,10-11,13,18H,2,6,9,12,14-15H2,1H3,(H,23,25). The number of anilines is 1. The van der Waals surface area contributed by atoms with Gasteiger partial charge < -0.3 is 5.32 Å². The molecule has 1 heterocycles. The van der Waals surface area contributed by atoms with Crippen LogP contribution >= 0.6 is 11.6 Å². The molecule has 1 aliphatic rings. The minimum Gasteiger partial charge on any atom is -0.326 e. The molecule has 1 atom stereocenters. The molecule has 25 heavy (non-hydrogen) atoms. The molecule has 2 aromatic carbocycles. The number of hydrogen-bond acceptors (Lipinski definition) is 2. The fourth-order valence-electron chi connectivity index (χ4n) is 3.49. The number of benzene rings is 2. The van der Waals surface area contributed by atoms with Gasteiger partial charge in [-0.15, -0.1) is 0 Å². The van der Waals surface area contributed by atoms with Crippen LogP contribution in [0.4, 0.5) is 5.69 Å². The molecule has 3 rings (SSSR count). The molecule has 0 aliphatic carbocycles. The van der Waals surface area contributed by atoms with Gasteiger partial charge in [0.1, 0.15) is 0 Å². The van der Waals surface area contributed by atoms with E-state index in [1.54, 1.807) is 0 Å². The number of amides is 1. The molecule has 1 fully saturated rings. The average Bonchev–Trinajstić information content (AvgIpc) is 2.62. The summed E-state index contributed by atoms with van der Waals surface area (Å²) in [6.07, 6.45) is 2.92. The van der Waals surface area contributed by atoms with Crippen LogP contribution in [0.2, 0.25) is 5.02 Å². The lowest BCUT2D eigenvalue weighted by Gasteiger charge is -2.32. The van der Waals surface area contributed by atoms with E-state index in [4.69, 9.17) is 11.6 Å². The van der Waals surface area contributed by atoms with Gasteiger partial charge >= 0.3 is 0 Å². The summed E-state index contributed by atoms with van der Waals surface area (Å²) >= 11 is 6.08. The second-order valence-electron chi connectivity index (χ2n) is 6.70. The van der Waals surface area contributed by atoms with Crippen LogP contribution in [0.3, 0.4) is 0 Å². The molecule has 0 saturated carbocycles. The van der Waals surface area contributed by atoms with Gasteiger partial charge in [0.2, 0.25) is 5.91 Å². The number of carbonyl (C=O) groups is 1. The Morgan fingerprint density at radius 2 is 2.08 bits per heavy atom. The van der Waals surface area contributed by atoms with Crippen molar-refractivity contribution in [2.45, 2.75) is 32.7 Å². The van der Waals surface area contributed by atoms with E-state index in [0.29, 0.717) is 0 Å². The summed E-state index contributed by atoms with van der Waals surface area (Å²) in [6.45, 7) is 4.78. The molecule has 0 radical (unpaired) electrons. The van der Waals surface area contributed by atoms with Gasteiger partial charge in [-0.1, -0.05) is 48.9 Å². The van der Waals surface area contributed by atoms with Crippen LogP contribution in [0.5, 0.6) is 0 Å². The van der Waals surface area contributed by atoms with Crippen LogP contribution < -0.4 is 5.32 Å². The summed E-state index contributed by atoms with van der Waals surface area (Å²) in [5.41, 5.74) is 3.33. The molecular weight excluding hydrogens is 332 g/mol. The summed E-state index contributed by atoms with van der Waals surface area (Å²) in [5.74, 6) is 0.176. The Hall–Kier alpha value is -1.84. The maximum atomic E-state index is 12.7. The SMILES string of the molecule is CCc1ccccc1NC(=O)C1CCCN(Cc2cccc(Cl)c2)C1. The van der Waals surface area contributed by atoms with Crippen molar-refractivity contribution in [3.05, 3.63) is 64.7 Å². The molecule has 0 aromatic heterocycles. The third-order valence-corrected chi connectivity index (χ3v) is 5.06. The van der Waals surface area contributed by atoms with Crippen molar-refractivity contribution >= 4 is 23.2 Å². The molecular formula is C21H25ClN2O. The Morgan fingerprint density at radius 1 is 1.24 bits per heavy atom. The van der Waals surface area contributed by atoms with Crippen molar-refractivity contribution in [3.8, 4) is 0 Å². The minimum atomic E-state index is 0.0397. The fraction of sp³-hybridized carbons (Fsp3) is 0.381. The second kappa shape index (κ2) is 8.50. The quantitative estimate of drug-likeness (QED) is 0.838. The predicted octanol–water partition coefficient (Wildman–Crippen LogP) is 4.75. The van der Waals surface area contributed by atoms with Crippen LogP contribution in [-0.2, 0) is 17.8 Å². The number of rotatable bonds is 5. The van der Waals surface area contributed by atoms with E-state index in [1.807, 2.05) is 36.4 Å². The van der Waals surface area contributed by atoms with Crippen molar-refractivity contribution in [1.29, 1.82) is 0 Å². The molecule has 1 aliphatic heterocycles.